The molecule has 0 bridgehead atoms. The number of H-pyrrole nitrogens is 1. The van der Waals surface area contributed by atoms with Gasteiger partial charge in [-0.2, -0.15) is 5.10 Å². The number of carbonyl (C=O) groups excluding carboxylic acids is 1. The lowest BCUT2D eigenvalue weighted by Gasteiger charge is -2.34. The highest BCUT2D eigenvalue weighted by atomic mass is 16.1. The van der Waals surface area contributed by atoms with E-state index >= 15 is 0 Å². The molecule has 4 rings (SSSR count). The number of piperazine rings is 1. The summed E-state index contributed by atoms with van der Waals surface area (Å²) in [4.78, 5) is 17.2. The standard InChI is InChI=1S/C25H31N5O/c1-4-18(2)26-25(31)21-7-5-6-20(16-21)24-17-23(27-28-24)19-8-10-22(11-9-19)30-14-12-29(3)13-15-30/h5-11,16-18H,4,12-15H2,1-3H3,(H,26,31)(H,27,28). The Kier molecular flexibility index (Phi) is 6.37. The van der Waals surface area contributed by atoms with Crippen molar-refractivity contribution in [3.63, 3.8) is 0 Å². The first-order chi connectivity index (χ1) is 15.0. The molecule has 1 saturated heterocycles. The van der Waals surface area contributed by atoms with Crippen molar-refractivity contribution in [3.05, 3.63) is 60.2 Å². The highest BCUT2D eigenvalue weighted by Crippen LogP contribution is 2.26. The van der Waals surface area contributed by atoms with Crippen molar-refractivity contribution < 1.29 is 4.79 Å². The molecular formula is C25H31N5O. The highest BCUT2D eigenvalue weighted by molar-refractivity contribution is 5.95. The van der Waals surface area contributed by atoms with Crippen LogP contribution in [0.4, 0.5) is 5.69 Å². The average molecular weight is 418 g/mol. The number of hydrogen-bond donors (Lipinski definition) is 2. The van der Waals surface area contributed by atoms with Gasteiger partial charge in [-0.3, -0.25) is 9.89 Å². The molecule has 0 radical (unpaired) electrons. The van der Waals surface area contributed by atoms with E-state index in [0.29, 0.717) is 5.56 Å². The summed E-state index contributed by atoms with van der Waals surface area (Å²) in [5.41, 5.74) is 5.73. The topological polar surface area (TPSA) is 64.3 Å². The SMILES string of the molecule is CCC(C)NC(=O)c1cccc(-c2cc(-c3ccc(N4CCN(C)CC4)cc3)[nH]n2)c1. The molecule has 2 heterocycles. The van der Waals surface area contributed by atoms with E-state index in [1.165, 1.54) is 5.69 Å². The Morgan fingerprint density at radius 1 is 1.06 bits per heavy atom. The van der Waals surface area contributed by atoms with Crippen LogP contribution in [-0.4, -0.2) is 60.3 Å². The number of rotatable bonds is 6. The van der Waals surface area contributed by atoms with Gasteiger partial charge in [-0.25, -0.2) is 0 Å². The van der Waals surface area contributed by atoms with Crippen LogP contribution in [0.2, 0.25) is 0 Å². The summed E-state index contributed by atoms with van der Waals surface area (Å²) in [6.45, 7) is 8.39. The second-order valence-electron chi connectivity index (χ2n) is 8.37. The molecule has 1 aromatic heterocycles. The second kappa shape index (κ2) is 9.35. The lowest BCUT2D eigenvalue weighted by Crippen LogP contribution is -2.44. The second-order valence-corrected chi connectivity index (χ2v) is 8.37. The van der Waals surface area contributed by atoms with E-state index in [-0.39, 0.29) is 11.9 Å². The van der Waals surface area contributed by atoms with Crippen LogP contribution < -0.4 is 10.2 Å². The molecule has 0 aliphatic carbocycles. The number of carbonyl (C=O) groups is 1. The summed E-state index contributed by atoms with van der Waals surface area (Å²) in [7, 11) is 2.17. The smallest absolute Gasteiger partial charge is 0.251 e. The average Bonchev–Trinajstić information content (AvgIpc) is 3.30. The van der Waals surface area contributed by atoms with Gasteiger partial charge in [0.25, 0.3) is 5.91 Å². The third-order valence-corrected chi connectivity index (χ3v) is 6.03. The number of aromatic amines is 1. The molecule has 2 aromatic carbocycles. The molecule has 162 valence electrons. The minimum atomic E-state index is -0.0496. The molecular weight excluding hydrogens is 386 g/mol. The predicted octanol–water partition coefficient (Wildman–Crippen LogP) is 4.02. The fourth-order valence-electron chi connectivity index (χ4n) is 3.76. The molecule has 1 aliphatic heterocycles. The summed E-state index contributed by atoms with van der Waals surface area (Å²) >= 11 is 0. The molecule has 2 N–H and O–H groups in total. The Morgan fingerprint density at radius 2 is 1.81 bits per heavy atom. The van der Waals surface area contributed by atoms with Gasteiger partial charge < -0.3 is 15.1 Å². The summed E-state index contributed by atoms with van der Waals surface area (Å²) < 4.78 is 0. The first kappa shape index (κ1) is 21.1. The zero-order valence-electron chi connectivity index (χ0n) is 18.6. The summed E-state index contributed by atoms with van der Waals surface area (Å²) in [5.74, 6) is -0.0496. The number of nitrogens with zero attached hydrogens (tertiary/aromatic N) is 3. The van der Waals surface area contributed by atoms with Gasteiger partial charge in [0.2, 0.25) is 0 Å². The van der Waals surface area contributed by atoms with Crippen LogP contribution in [0.15, 0.2) is 54.6 Å². The summed E-state index contributed by atoms with van der Waals surface area (Å²) in [5, 5.41) is 10.6. The fourth-order valence-corrected chi connectivity index (χ4v) is 3.76. The predicted molar refractivity (Wildman–Crippen MR) is 126 cm³/mol. The number of aromatic nitrogens is 2. The molecule has 1 atom stereocenters. The van der Waals surface area contributed by atoms with Crippen LogP contribution in [0.1, 0.15) is 30.6 Å². The van der Waals surface area contributed by atoms with Gasteiger partial charge in [-0.05, 0) is 56.3 Å². The molecule has 1 fully saturated rings. The van der Waals surface area contributed by atoms with E-state index in [2.05, 4.69) is 63.6 Å². The first-order valence-electron chi connectivity index (χ1n) is 11.0. The number of nitrogens with one attached hydrogen (secondary N) is 2. The van der Waals surface area contributed by atoms with Gasteiger partial charge in [0, 0.05) is 49.0 Å². The minimum absolute atomic E-state index is 0.0496. The number of likely N-dealkylation sites (N-methyl/N-ethyl adjacent to an activating group) is 1. The molecule has 0 saturated carbocycles. The molecule has 3 aromatic rings. The van der Waals surface area contributed by atoms with Crippen LogP contribution in [0.5, 0.6) is 0 Å². The molecule has 0 spiro atoms. The monoisotopic (exact) mass is 417 g/mol. The maximum absolute atomic E-state index is 12.5. The Labute approximate surface area is 184 Å². The fraction of sp³-hybridized carbons (Fsp3) is 0.360. The third-order valence-electron chi connectivity index (χ3n) is 6.03. The lowest BCUT2D eigenvalue weighted by atomic mass is 10.1. The van der Waals surface area contributed by atoms with Crippen molar-refractivity contribution >= 4 is 11.6 Å². The largest absolute Gasteiger partial charge is 0.369 e. The first-order valence-corrected chi connectivity index (χ1v) is 11.0. The van der Waals surface area contributed by atoms with Gasteiger partial charge in [-0.1, -0.05) is 31.2 Å². The summed E-state index contributed by atoms with van der Waals surface area (Å²) in [6.07, 6.45) is 0.905. The Bertz CT molecular complexity index is 1020. The molecule has 6 heteroatoms. The Balaban J connectivity index is 1.48. The van der Waals surface area contributed by atoms with Crippen molar-refractivity contribution in [2.24, 2.45) is 0 Å². The third kappa shape index (κ3) is 4.97. The Morgan fingerprint density at radius 3 is 2.52 bits per heavy atom. The maximum Gasteiger partial charge on any atom is 0.251 e. The zero-order valence-corrected chi connectivity index (χ0v) is 18.6. The van der Waals surface area contributed by atoms with E-state index in [4.69, 9.17) is 0 Å². The lowest BCUT2D eigenvalue weighted by molar-refractivity contribution is 0.0939. The van der Waals surface area contributed by atoms with Crippen molar-refractivity contribution in [3.8, 4) is 22.5 Å². The summed E-state index contributed by atoms with van der Waals surface area (Å²) in [6, 6.07) is 18.5. The van der Waals surface area contributed by atoms with E-state index in [9.17, 15) is 4.79 Å². The number of amides is 1. The van der Waals surface area contributed by atoms with E-state index in [1.54, 1.807) is 0 Å². The molecule has 1 aliphatic rings. The van der Waals surface area contributed by atoms with Crippen molar-refractivity contribution in [2.75, 3.05) is 38.1 Å². The molecule has 31 heavy (non-hydrogen) atoms. The van der Waals surface area contributed by atoms with Crippen LogP contribution in [-0.2, 0) is 0 Å². The van der Waals surface area contributed by atoms with Crippen LogP contribution in [0.25, 0.3) is 22.5 Å². The maximum atomic E-state index is 12.5. The van der Waals surface area contributed by atoms with Crippen LogP contribution in [0, 0.1) is 0 Å². The quantitative estimate of drug-likeness (QED) is 0.636. The van der Waals surface area contributed by atoms with Gasteiger partial charge in [0.05, 0.1) is 11.4 Å². The van der Waals surface area contributed by atoms with E-state index < -0.39 is 0 Å². The number of hydrogen-bond acceptors (Lipinski definition) is 4. The minimum Gasteiger partial charge on any atom is -0.369 e. The zero-order chi connectivity index (χ0) is 21.8. The molecule has 6 nitrogen and oxygen atoms in total. The van der Waals surface area contributed by atoms with Crippen LogP contribution in [0.3, 0.4) is 0 Å². The van der Waals surface area contributed by atoms with Crippen molar-refractivity contribution in [2.45, 2.75) is 26.3 Å². The molecule has 1 amide bonds. The normalized spacial score (nSPS) is 15.6. The van der Waals surface area contributed by atoms with Gasteiger partial charge in [0.1, 0.15) is 0 Å². The van der Waals surface area contributed by atoms with Crippen molar-refractivity contribution in [1.29, 1.82) is 0 Å². The van der Waals surface area contributed by atoms with E-state index in [1.807, 2.05) is 37.3 Å². The number of benzene rings is 2. The number of anilines is 1. The van der Waals surface area contributed by atoms with E-state index in [0.717, 1.165) is 55.1 Å². The Hall–Kier alpha value is -3.12. The molecule has 1 unspecified atom stereocenters. The van der Waals surface area contributed by atoms with Gasteiger partial charge in [0.15, 0.2) is 0 Å². The van der Waals surface area contributed by atoms with Gasteiger partial charge in [-0.15, -0.1) is 0 Å². The van der Waals surface area contributed by atoms with Gasteiger partial charge >= 0.3 is 0 Å². The van der Waals surface area contributed by atoms with Crippen LogP contribution >= 0.6 is 0 Å². The van der Waals surface area contributed by atoms with Crippen molar-refractivity contribution in [1.82, 2.24) is 20.4 Å². The highest BCUT2D eigenvalue weighted by Gasteiger charge is 2.15.